The van der Waals surface area contributed by atoms with Gasteiger partial charge in [-0.25, -0.2) is 0 Å². The van der Waals surface area contributed by atoms with Crippen LogP contribution in [0.25, 0.3) is 0 Å². The van der Waals surface area contributed by atoms with Crippen LogP contribution in [0.5, 0.6) is 0 Å². The van der Waals surface area contributed by atoms with Crippen LogP contribution < -0.4 is 0 Å². The first kappa shape index (κ1) is 13.2. The van der Waals surface area contributed by atoms with Crippen LogP contribution in [0.15, 0.2) is 35.2 Å². The molecule has 1 aromatic carbocycles. The monoisotopic (exact) mass is 266 g/mol. The summed E-state index contributed by atoms with van der Waals surface area (Å²) in [7, 11) is -1.30. The van der Waals surface area contributed by atoms with E-state index in [9.17, 15) is 5.11 Å². The Morgan fingerprint density at radius 2 is 1.88 bits per heavy atom. The van der Waals surface area contributed by atoms with Crippen molar-refractivity contribution in [1.29, 1.82) is 0 Å². The molecule has 1 nitrogen and oxygen atoms in total. The molecule has 2 atom stereocenters. The second kappa shape index (κ2) is 4.79. The topological polar surface area (TPSA) is 20.2 Å². The molecule has 0 amide bonds. The molecule has 1 aromatic rings. The van der Waals surface area contributed by atoms with E-state index in [4.69, 9.17) is 0 Å². The maximum absolute atomic E-state index is 9.92. The fourth-order valence-electron chi connectivity index (χ4n) is 2.63. The Labute approximate surface area is 110 Å². The van der Waals surface area contributed by atoms with Crippen molar-refractivity contribution in [2.75, 3.05) is 0 Å². The lowest BCUT2D eigenvalue weighted by atomic mass is 10.3. The van der Waals surface area contributed by atoms with Crippen LogP contribution >= 0.6 is 11.8 Å². The second-order valence-corrected chi connectivity index (χ2v) is 13.3. The Bertz CT molecular complexity index is 374. The molecule has 0 aromatic heterocycles. The van der Waals surface area contributed by atoms with Crippen LogP contribution in [-0.4, -0.2) is 23.7 Å². The first-order valence-corrected chi connectivity index (χ1v) is 10.7. The van der Waals surface area contributed by atoms with E-state index in [1.54, 1.807) is 0 Å². The van der Waals surface area contributed by atoms with Crippen LogP contribution in [0.1, 0.15) is 19.3 Å². The lowest BCUT2D eigenvalue weighted by Crippen LogP contribution is -2.47. The molecule has 0 bridgehead atoms. The van der Waals surface area contributed by atoms with Crippen molar-refractivity contribution < 1.29 is 5.11 Å². The van der Waals surface area contributed by atoms with E-state index in [0.29, 0.717) is 4.37 Å². The van der Waals surface area contributed by atoms with Crippen molar-refractivity contribution >= 4 is 19.8 Å². The molecule has 1 aliphatic rings. The second-order valence-electron chi connectivity index (χ2n) is 6.06. The summed E-state index contributed by atoms with van der Waals surface area (Å²) in [6.45, 7) is 7.29. The number of thioether (sulfide) groups is 1. The molecule has 0 unspecified atom stereocenters. The van der Waals surface area contributed by atoms with E-state index < -0.39 is 8.07 Å². The van der Waals surface area contributed by atoms with Gasteiger partial charge in [0.1, 0.15) is 0 Å². The number of aliphatic hydroxyl groups is 1. The maximum Gasteiger partial charge on any atom is 0.0632 e. The van der Waals surface area contributed by atoms with Gasteiger partial charge < -0.3 is 5.11 Å². The van der Waals surface area contributed by atoms with Gasteiger partial charge in [-0.2, -0.15) is 0 Å². The Kier molecular flexibility index (Phi) is 3.71. The molecule has 1 N–H and O–H groups in total. The smallest absolute Gasteiger partial charge is 0.0632 e. The van der Waals surface area contributed by atoms with Crippen LogP contribution in [0.3, 0.4) is 0 Å². The summed E-state index contributed by atoms with van der Waals surface area (Å²) in [5.41, 5.74) is 0. The molecule has 3 heteroatoms. The number of aliphatic hydroxyl groups excluding tert-OH is 1. The van der Waals surface area contributed by atoms with Crippen molar-refractivity contribution in [3.05, 3.63) is 30.3 Å². The molecule has 2 rings (SSSR count). The molecule has 1 fully saturated rings. The lowest BCUT2D eigenvalue weighted by Gasteiger charge is -2.40. The Morgan fingerprint density at radius 1 is 1.24 bits per heavy atom. The molecular weight excluding hydrogens is 244 g/mol. The minimum absolute atomic E-state index is 0.0852. The van der Waals surface area contributed by atoms with Gasteiger partial charge in [-0.05, 0) is 31.4 Å². The van der Waals surface area contributed by atoms with Gasteiger partial charge in [-0.1, -0.05) is 37.8 Å². The zero-order chi connectivity index (χ0) is 12.5. The summed E-state index contributed by atoms with van der Waals surface area (Å²) < 4.78 is 0.313. The third-order valence-corrected chi connectivity index (χ3v) is 10.5. The summed E-state index contributed by atoms with van der Waals surface area (Å²) in [4.78, 5) is 1.35. The molecule has 1 saturated carbocycles. The van der Waals surface area contributed by atoms with E-state index in [-0.39, 0.29) is 6.10 Å². The zero-order valence-corrected chi connectivity index (χ0v) is 12.8. The Hall–Kier alpha value is -0.253. The summed E-state index contributed by atoms with van der Waals surface area (Å²) >= 11 is 2.01. The highest BCUT2D eigenvalue weighted by atomic mass is 32.2. The number of hydrogen-bond donors (Lipinski definition) is 1. The Balaban J connectivity index is 2.24. The van der Waals surface area contributed by atoms with E-state index in [1.807, 2.05) is 11.8 Å². The van der Waals surface area contributed by atoms with Crippen LogP contribution in [-0.2, 0) is 0 Å². The molecule has 0 saturated heterocycles. The number of benzene rings is 1. The molecule has 17 heavy (non-hydrogen) atoms. The molecule has 94 valence electrons. The van der Waals surface area contributed by atoms with E-state index in [0.717, 1.165) is 12.8 Å². The van der Waals surface area contributed by atoms with Gasteiger partial charge in [0, 0.05) is 9.27 Å². The standard InChI is InChI=1S/C14H22OSSi/c1-17(2,3)14(10-9-12(15)11-14)16-13-7-5-4-6-8-13/h4-8,12,15H,9-11H2,1-3H3/t12-,14-/m1/s1. The highest BCUT2D eigenvalue weighted by Crippen LogP contribution is 2.50. The van der Waals surface area contributed by atoms with E-state index in [2.05, 4.69) is 50.0 Å². The quantitative estimate of drug-likeness (QED) is 0.836. The van der Waals surface area contributed by atoms with Crippen LogP contribution in [0.4, 0.5) is 0 Å². The largest absolute Gasteiger partial charge is 0.393 e. The minimum atomic E-state index is -1.30. The molecule has 1 aliphatic carbocycles. The summed E-state index contributed by atoms with van der Waals surface area (Å²) in [5, 5.41) is 9.92. The highest BCUT2D eigenvalue weighted by Gasteiger charge is 2.48. The van der Waals surface area contributed by atoms with Crippen molar-refractivity contribution in [2.45, 2.75) is 54.3 Å². The van der Waals surface area contributed by atoms with Crippen LogP contribution in [0.2, 0.25) is 19.6 Å². The highest BCUT2D eigenvalue weighted by molar-refractivity contribution is 8.02. The van der Waals surface area contributed by atoms with Gasteiger partial charge in [-0.3, -0.25) is 0 Å². The first-order valence-electron chi connectivity index (χ1n) is 6.35. The third kappa shape index (κ3) is 2.78. The lowest BCUT2D eigenvalue weighted by molar-refractivity contribution is 0.182. The first-order chi connectivity index (χ1) is 7.93. The van der Waals surface area contributed by atoms with Gasteiger partial charge in [0.2, 0.25) is 0 Å². The van der Waals surface area contributed by atoms with Crippen molar-refractivity contribution in [3.63, 3.8) is 0 Å². The Morgan fingerprint density at radius 3 is 2.35 bits per heavy atom. The predicted octanol–water partition coefficient (Wildman–Crippen LogP) is 3.94. The normalized spacial score (nSPS) is 29.5. The van der Waals surface area contributed by atoms with Gasteiger partial charge in [0.15, 0.2) is 0 Å². The average molecular weight is 266 g/mol. The predicted molar refractivity (Wildman–Crippen MR) is 78.2 cm³/mol. The molecule has 0 radical (unpaired) electrons. The van der Waals surface area contributed by atoms with Crippen molar-refractivity contribution in [3.8, 4) is 0 Å². The fourth-order valence-corrected chi connectivity index (χ4v) is 7.19. The summed E-state index contributed by atoms with van der Waals surface area (Å²) in [6.07, 6.45) is 3.04. The maximum atomic E-state index is 9.92. The number of rotatable bonds is 3. The van der Waals surface area contributed by atoms with E-state index in [1.165, 1.54) is 11.3 Å². The molecule has 0 spiro atoms. The zero-order valence-electron chi connectivity index (χ0n) is 10.9. The molecular formula is C14H22OSSi. The third-order valence-electron chi connectivity index (χ3n) is 3.87. The molecule has 0 heterocycles. The van der Waals surface area contributed by atoms with Crippen molar-refractivity contribution in [1.82, 2.24) is 0 Å². The summed E-state index contributed by atoms with van der Waals surface area (Å²) in [5.74, 6) is 0. The van der Waals surface area contributed by atoms with Gasteiger partial charge >= 0.3 is 0 Å². The SMILES string of the molecule is C[Si](C)(C)[C@]1(Sc2ccccc2)CC[C@@H](O)C1. The van der Waals surface area contributed by atoms with Gasteiger partial charge in [0.05, 0.1) is 14.2 Å². The van der Waals surface area contributed by atoms with Crippen molar-refractivity contribution in [2.24, 2.45) is 0 Å². The van der Waals surface area contributed by atoms with E-state index >= 15 is 0 Å². The van der Waals surface area contributed by atoms with Gasteiger partial charge in [-0.15, -0.1) is 11.8 Å². The van der Waals surface area contributed by atoms with Gasteiger partial charge in [0.25, 0.3) is 0 Å². The van der Waals surface area contributed by atoms with Crippen LogP contribution in [0, 0.1) is 0 Å². The molecule has 0 aliphatic heterocycles. The minimum Gasteiger partial charge on any atom is -0.393 e. The fraction of sp³-hybridized carbons (Fsp3) is 0.571. The summed E-state index contributed by atoms with van der Waals surface area (Å²) in [6, 6.07) is 10.7. The average Bonchev–Trinajstić information content (AvgIpc) is 2.62. The number of hydrogen-bond acceptors (Lipinski definition) is 2.